The van der Waals surface area contributed by atoms with Crippen molar-refractivity contribution < 1.29 is 26.1 Å². The Bertz CT molecular complexity index is 1150. The Balaban J connectivity index is 1.43. The van der Waals surface area contributed by atoms with Crippen LogP contribution in [0.3, 0.4) is 0 Å². The van der Waals surface area contributed by atoms with Gasteiger partial charge in [0.2, 0.25) is 15.8 Å². The number of halogens is 3. The number of aryl methyl sites for hydroxylation is 1. The van der Waals surface area contributed by atoms with Gasteiger partial charge >= 0.3 is 12.2 Å². The van der Waals surface area contributed by atoms with Crippen molar-refractivity contribution in [2.24, 2.45) is 0 Å². The number of hydrogen-bond donors (Lipinski definition) is 0. The smallest absolute Gasteiger partial charge is 0.322 e. The van der Waals surface area contributed by atoms with Crippen molar-refractivity contribution in [2.75, 3.05) is 31.1 Å². The molecule has 0 spiro atoms. The maximum Gasteiger partial charge on any atom is 0.416 e. The molecule has 0 radical (unpaired) electrons. The number of nitrogens with zero attached hydrogens (tertiary/aromatic N) is 4. The van der Waals surface area contributed by atoms with Crippen molar-refractivity contribution in [3.8, 4) is 11.4 Å². The lowest BCUT2D eigenvalue weighted by molar-refractivity contribution is -0.137. The molecule has 3 aromatic rings. The van der Waals surface area contributed by atoms with E-state index in [1.54, 1.807) is 4.90 Å². The summed E-state index contributed by atoms with van der Waals surface area (Å²) in [5.41, 5.74) is 1.03. The van der Waals surface area contributed by atoms with Gasteiger partial charge in [-0.3, -0.25) is 0 Å². The van der Waals surface area contributed by atoms with Crippen molar-refractivity contribution in [2.45, 2.75) is 18.0 Å². The molecular formula is C20H19F3N4O3S. The Kier molecular flexibility index (Phi) is 5.48. The number of anilines is 1. The van der Waals surface area contributed by atoms with Crippen LogP contribution in [0, 0.1) is 6.92 Å². The third-order valence-corrected chi connectivity index (χ3v) is 6.97. The number of aromatic nitrogens is 2. The standard InChI is InChI=1S/C20H19F3N4O3S/c1-14-2-4-15(5-3-14)18-24-19(30-25-18)26-10-12-27(13-11-26)31(28,29)17-8-6-16(7-9-17)20(21,22)23/h2-9H,10-13H2,1H3. The first-order chi connectivity index (χ1) is 14.6. The molecule has 0 unspecified atom stereocenters. The molecule has 4 rings (SSSR count). The fourth-order valence-corrected chi connectivity index (χ4v) is 4.67. The fraction of sp³-hybridized carbons (Fsp3) is 0.300. The molecule has 1 aliphatic heterocycles. The topological polar surface area (TPSA) is 79.5 Å². The second-order valence-electron chi connectivity index (χ2n) is 7.18. The van der Waals surface area contributed by atoms with Crippen molar-refractivity contribution >= 4 is 16.0 Å². The Morgan fingerprint density at radius 1 is 0.935 bits per heavy atom. The van der Waals surface area contributed by atoms with E-state index in [0.29, 0.717) is 24.9 Å². The van der Waals surface area contributed by atoms with Gasteiger partial charge in [0.1, 0.15) is 0 Å². The van der Waals surface area contributed by atoms with Crippen LogP contribution in [0.25, 0.3) is 11.4 Å². The predicted molar refractivity (Wildman–Crippen MR) is 107 cm³/mol. The molecule has 2 heterocycles. The lowest BCUT2D eigenvalue weighted by atomic mass is 10.1. The molecule has 0 saturated carbocycles. The molecule has 2 aromatic carbocycles. The van der Waals surface area contributed by atoms with Crippen molar-refractivity contribution in [3.63, 3.8) is 0 Å². The van der Waals surface area contributed by atoms with Gasteiger partial charge in [0.15, 0.2) is 0 Å². The van der Waals surface area contributed by atoms with E-state index in [-0.39, 0.29) is 18.0 Å². The van der Waals surface area contributed by atoms with E-state index < -0.39 is 21.8 Å². The van der Waals surface area contributed by atoms with Gasteiger partial charge in [0.05, 0.1) is 10.5 Å². The van der Waals surface area contributed by atoms with Gasteiger partial charge in [0.25, 0.3) is 0 Å². The molecule has 0 N–H and O–H groups in total. The molecule has 1 aromatic heterocycles. The number of rotatable bonds is 4. The van der Waals surface area contributed by atoms with Gasteiger partial charge in [0, 0.05) is 31.7 Å². The molecule has 7 nitrogen and oxygen atoms in total. The number of piperazine rings is 1. The summed E-state index contributed by atoms with van der Waals surface area (Å²) in [6, 6.07) is 11.5. The van der Waals surface area contributed by atoms with E-state index in [1.807, 2.05) is 31.2 Å². The Morgan fingerprint density at radius 3 is 2.13 bits per heavy atom. The summed E-state index contributed by atoms with van der Waals surface area (Å²) in [4.78, 5) is 5.99. The Hall–Kier alpha value is -2.92. The molecule has 0 aliphatic carbocycles. The fourth-order valence-electron chi connectivity index (χ4n) is 3.25. The van der Waals surface area contributed by atoms with Gasteiger partial charge in [-0.05, 0) is 31.2 Å². The molecule has 11 heteroatoms. The highest BCUT2D eigenvalue weighted by Crippen LogP contribution is 2.30. The maximum absolute atomic E-state index is 12.8. The number of sulfonamides is 1. The van der Waals surface area contributed by atoms with Crippen molar-refractivity contribution in [3.05, 3.63) is 59.7 Å². The van der Waals surface area contributed by atoms with Crippen LogP contribution in [-0.2, 0) is 16.2 Å². The minimum absolute atomic E-state index is 0.144. The van der Waals surface area contributed by atoms with Crippen LogP contribution < -0.4 is 4.90 Å². The Labute approximate surface area is 177 Å². The van der Waals surface area contributed by atoms with Crippen LogP contribution in [-0.4, -0.2) is 49.0 Å². The summed E-state index contributed by atoms with van der Waals surface area (Å²) in [5.74, 6) is 0.440. The highest BCUT2D eigenvalue weighted by atomic mass is 32.2. The summed E-state index contributed by atoms with van der Waals surface area (Å²) in [5, 5.41) is 3.98. The first kappa shape index (κ1) is 21.3. The van der Waals surface area contributed by atoms with E-state index in [1.165, 1.54) is 4.31 Å². The largest absolute Gasteiger partial charge is 0.416 e. The van der Waals surface area contributed by atoms with E-state index in [2.05, 4.69) is 10.1 Å². The predicted octanol–water partition coefficient (Wildman–Crippen LogP) is 3.57. The summed E-state index contributed by atoms with van der Waals surface area (Å²) in [6.07, 6.45) is -4.52. The van der Waals surface area contributed by atoms with Crippen LogP contribution in [0.4, 0.5) is 19.2 Å². The third-order valence-electron chi connectivity index (χ3n) is 5.05. The first-order valence-electron chi connectivity index (χ1n) is 9.48. The van der Waals surface area contributed by atoms with Crippen LogP contribution in [0.15, 0.2) is 57.9 Å². The van der Waals surface area contributed by atoms with Crippen LogP contribution in [0.2, 0.25) is 0 Å². The van der Waals surface area contributed by atoms with Crippen molar-refractivity contribution in [1.82, 2.24) is 14.4 Å². The highest BCUT2D eigenvalue weighted by molar-refractivity contribution is 7.89. The molecule has 1 aliphatic rings. The zero-order valence-electron chi connectivity index (χ0n) is 16.5. The van der Waals surface area contributed by atoms with E-state index in [9.17, 15) is 21.6 Å². The van der Waals surface area contributed by atoms with E-state index in [0.717, 1.165) is 35.4 Å². The second kappa shape index (κ2) is 7.97. The van der Waals surface area contributed by atoms with Gasteiger partial charge < -0.3 is 9.42 Å². The van der Waals surface area contributed by atoms with E-state index >= 15 is 0 Å². The molecule has 164 valence electrons. The first-order valence-corrected chi connectivity index (χ1v) is 10.9. The lowest BCUT2D eigenvalue weighted by Gasteiger charge is -2.32. The molecular weight excluding hydrogens is 433 g/mol. The highest BCUT2D eigenvalue weighted by Gasteiger charge is 2.33. The Morgan fingerprint density at radius 2 is 1.55 bits per heavy atom. The van der Waals surface area contributed by atoms with Crippen LogP contribution in [0.1, 0.15) is 11.1 Å². The normalized spacial score (nSPS) is 15.9. The molecule has 0 atom stereocenters. The van der Waals surface area contributed by atoms with Crippen molar-refractivity contribution in [1.29, 1.82) is 0 Å². The zero-order valence-corrected chi connectivity index (χ0v) is 17.3. The monoisotopic (exact) mass is 452 g/mol. The summed E-state index contributed by atoms with van der Waals surface area (Å²) < 4.78 is 70.3. The van der Waals surface area contributed by atoms with Gasteiger partial charge in [-0.15, -0.1) is 0 Å². The minimum Gasteiger partial charge on any atom is -0.322 e. The number of hydrogen-bond acceptors (Lipinski definition) is 6. The van der Waals surface area contributed by atoms with Gasteiger partial charge in [-0.25, -0.2) is 8.42 Å². The molecule has 1 saturated heterocycles. The summed E-state index contributed by atoms with van der Waals surface area (Å²) >= 11 is 0. The van der Waals surface area contributed by atoms with Crippen LogP contribution in [0.5, 0.6) is 0 Å². The molecule has 0 amide bonds. The van der Waals surface area contributed by atoms with Crippen LogP contribution >= 0.6 is 0 Å². The van der Waals surface area contributed by atoms with Gasteiger partial charge in [-0.1, -0.05) is 35.0 Å². The zero-order chi connectivity index (χ0) is 22.2. The average molecular weight is 452 g/mol. The number of alkyl halides is 3. The molecule has 0 bridgehead atoms. The maximum atomic E-state index is 12.8. The second-order valence-corrected chi connectivity index (χ2v) is 9.12. The lowest BCUT2D eigenvalue weighted by Crippen LogP contribution is -2.48. The molecule has 31 heavy (non-hydrogen) atoms. The quantitative estimate of drug-likeness (QED) is 0.602. The number of benzene rings is 2. The summed E-state index contributed by atoms with van der Waals surface area (Å²) in [6.45, 7) is 2.89. The van der Waals surface area contributed by atoms with Gasteiger partial charge in [-0.2, -0.15) is 22.5 Å². The molecule has 1 fully saturated rings. The SMILES string of the molecule is Cc1ccc(-c2noc(N3CCN(S(=O)(=O)c4ccc(C(F)(F)F)cc4)CC3)n2)cc1. The summed E-state index contributed by atoms with van der Waals surface area (Å²) in [7, 11) is -3.90. The minimum atomic E-state index is -4.52. The van der Waals surface area contributed by atoms with E-state index in [4.69, 9.17) is 4.52 Å². The third kappa shape index (κ3) is 4.42. The average Bonchev–Trinajstić information content (AvgIpc) is 3.24.